The van der Waals surface area contributed by atoms with Crippen molar-refractivity contribution >= 4 is 31.9 Å². The van der Waals surface area contributed by atoms with Crippen molar-refractivity contribution in [2.45, 2.75) is 23.1 Å². The van der Waals surface area contributed by atoms with Crippen LogP contribution in [0, 0.1) is 0 Å². The largest absolute Gasteiger partial charge is 0.395 e. The first-order valence-electron chi connectivity index (χ1n) is 3.39. The van der Waals surface area contributed by atoms with E-state index >= 15 is 0 Å². The van der Waals surface area contributed by atoms with Crippen molar-refractivity contribution in [3.63, 3.8) is 0 Å². The Morgan fingerprint density at radius 2 is 1.58 bits per heavy atom. The molecule has 12 heavy (non-hydrogen) atoms. The van der Waals surface area contributed by atoms with E-state index < -0.39 is 23.1 Å². The Bertz CT molecular complexity index is 110. The standard InChI is InChI=1S/C6H12Br2O4/c7-1-4(10)6(12)5(11)3(8)2-9/h3-6,9-12H,1-2H2/t3-,4-,5-,6-/m1/s1. The molecule has 0 saturated carbocycles. The van der Waals surface area contributed by atoms with Gasteiger partial charge in [-0.05, 0) is 0 Å². The lowest BCUT2D eigenvalue weighted by Crippen LogP contribution is -2.44. The highest BCUT2D eigenvalue weighted by molar-refractivity contribution is 9.09. The summed E-state index contributed by atoms with van der Waals surface area (Å²) in [6.07, 6.45) is -3.48. The number of aliphatic hydroxyl groups is 4. The Morgan fingerprint density at radius 1 is 1.08 bits per heavy atom. The van der Waals surface area contributed by atoms with Crippen LogP contribution in [0.25, 0.3) is 0 Å². The molecule has 0 amide bonds. The van der Waals surface area contributed by atoms with Crippen molar-refractivity contribution in [1.82, 2.24) is 0 Å². The zero-order valence-electron chi connectivity index (χ0n) is 6.27. The summed E-state index contributed by atoms with van der Waals surface area (Å²) in [4.78, 5) is -0.624. The van der Waals surface area contributed by atoms with Gasteiger partial charge in [0.15, 0.2) is 0 Å². The van der Waals surface area contributed by atoms with Crippen LogP contribution in [-0.4, -0.2) is 55.5 Å². The molecule has 0 fully saturated rings. The smallest absolute Gasteiger partial charge is 0.108 e. The molecule has 0 heterocycles. The van der Waals surface area contributed by atoms with E-state index in [2.05, 4.69) is 31.9 Å². The van der Waals surface area contributed by atoms with E-state index in [4.69, 9.17) is 10.2 Å². The van der Waals surface area contributed by atoms with Gasteiger partial charge in [-0.15, -0.1) is 0 Å². The SMILES string of the molecule is OC[C@@H](Br)[C@@H](O)[C@H](O)[C@H](O)CBr. The highest BCUT2D eigenvalue weighted by atomic mass is 79.9. The average molecular weight is 308 g/mol. The Kier molecular flexibility index (Phi) is 6.70. The molecule has 4 nitrogen and oxygen atoms in total. The fraction of sp³-hybridized carbons (Fsp3) is 1.00. The van der Waals surface area contributed by atoms with Gasteiger partial charge >= 0.3 is 0 Å². The Balaban J connectivity index is 3.99. The van der Waals surface area contributed by atoms with Crippen LogP contribution in [-0.2, 0) is 0 Å². The van der Waals surface area contributed by atoms with Gasteiger partial charge in [-0.25, -0.2) is 0 Å². The van der Waals surface area contributed by atoms with Gasteiger partial charge in [-0.2, -0.15) is 0 Å². The molecule has 0 aliphatic rings. The topological polar surface area (TPSA) is 80.9 Å². The van der Waals surface area contributed by atoms with E-state index in [1.807, 2.05) is 0 Å². The normalized spacial score (nSPS) is 21.5. The molecule has 6 heteroatoms. The van der Waals surface area contributed by atoms with Gasteiger partial charge in [-0.1, -0.05) is 31.9 Å². The molecule has 0 aliphatic heterocycles. The molecule has 0 rings (SSSR count). The molecule has 0 bridgehead atoms. The summed E-state index contributed by atoms with van der Waals surface area (Å²) in [5.41, 5.74) is 0. The van der Waals surface area contributed by atoms with E-state index in [0.717, 1.165) is 0 Å². The second-order valence-corrected chi connectivity index (χ2v) is 4.23. The summed E-state index contributed by atoms with van der Waals surface area (Å²) in [7, 11) is 0. The van der Waals surface area contributed by atoms with Crippen LogP contribution in [0.5, 0.6) is 0 Å². The fourth-order valence-electron chi connectivity index (χ4n) is 0.641. The molecular weight excluding hydrogens is 296 g/mol. The molecule has 74 valence electrons. The van der Waals surface area contributed by atoms with Gasteiger partial charge in [0, 0.05) is 5.33 Å². The third-order valence-electron chi connectivity index (χ3n) is 1.45. The highest BCUT2D eigenvalue weighted by Gasteiger charge is 2.28. The minimum Gasteiger partial charge on any atom is -0.395 e. The number of halogens is 2. The Labute approximate surface area is 87.5 Å². The molecule has 0 aliphatic carbocycles. The number of hydrogen-bond donors (Lipinski definition) is 4. The van der Waals surface area contributed by atoms with E-state index in [1.165, 1.54) is 0 Å². The Morgan fingerprint density at radius 3 is 1.92 bits per heavy atom. The number of alkyl halides is 2. The molecule has 0 aromatic rings. The molecular formula is C6H12Br2O4. The summed E-state index contributed by atoms with van der Waals surface area (Å²) < 4.78 is 0. The third kappa shape index (κ3) is 3.68. The molecule has 0 spiro atoms. The minimum atomic E-state index is -1.26. The van der Waals surface area contributed by atoms with Crippen LogP contribution >= 0.6 is 31.9 Å². The summed E-state index contributed by atoms with van der Waals surface area (Å²) >= 11 is 5.91. The number of aliphatic hydroxyl groups excluding tert-OH is 4. The lowest BCUT2D eigenvalue weighted by Gasteiger charge is -2.24. The zero-order chi connectivity index (χ0) is 9.72. The van der Waals surface area contributed by atoms with Crippen LogP contribution in [0.1, 0.15) is 0 Å². The first-order chi connectivity index (χ1) is 5.54. The molecule has 0 radical (unpaired) electrons. The lowest BCUT2D eigenvalue weighted by molar-refractivity contribution is -0.0528. The van der Waals surface area contributed by atoms with E-state index in [1.54, 1.807) is 0 Å². The summed E-state index contributed by atoms with van der Waals surface area (Å²) in [6.45, 7) is -0.298. The zero-order valence-corrected chi connectivity index (χ0v) is 9.44. The molecule has 0 aromatic heterocycles. The van der Waals surface area contributed by atoms with Gasteiger partial charge < -0.3 is 20.4 Å². The molecule has 4 atom stereocenters. The molecule has 0 saturated heterocycles. The van der Waals surface area contributed by atoms with Crippen molar-refractivity contribution in [3.05, 3.63) is 0 Å². The predicted molar refractivity (Wildman–Crippen MR) is 51.6 cm³/mol. The van der Waals surface area contributed by atoms with Crippen molar-refractivity contribution in [2.24, 2.45) is 0 Å². The van der Waals surface area contributed by atoms with Gasteiger partial charge in [0.05, 0.1) is 23.6 Å². The maximum Gasteiger partial charge on any atom is 0.108 e. The van der Waals surface area contributed by atoms with Crippen LogP contribution in [0.4, 0.5) is 0 Å². The number of hydrogen-bond acceptors (Lipinski definition) is 4. The summed E-state index contributed by atoms with van der Waals surface area (Å²) in [5, 5.41) is 36.3. The van der Waals surface area contributed by atoms with Gasteiger partial charge in [-0.3, -0.25) is 0 Å². The second kappa shape index (κ2) is 6.28. The summed E-state index contributed by atoms with van der Waals surface area (Å²) in [6, 6.07) is 0. The lowest BCUT2D eigenvalue weighted by atomic mass is 10.1. The van der Waals surface area contributed by atoms with Crippen LogP contribution in [0.2, 0.25) is 0 Å². The maximum absolute atomic E-state index is 9.25. The van der Waals surface area contributed by atoms with Crippen molar-refractivity contribution in [3.8, 4) is 0 Å². The van der Waals surface area contributed by atoms with Crippen LogP contribution in [0.15, 0.2) is 0 Å². The fourth-order valence-corrected chi connectivity index (χ4v) is 1.34. The van der Waals surface area contributed by atoms with Crippen molar-refractivity contribution < 1.29 is 20.4 Å². The van der Waals surface area contributed by atoms with E-state index in [-0.39, 0.29) is 11.9 Å². The number of rotatable bonds is 5. The van der Waals surface area contributed by atoms with Crippen LogP contribution < -0.4 is 0 Å². The highest BCUT2D eigenvalue weighted by Crippen LogP contribution is 2.12. The first-order valence-corrected chi connectivity index (χ1v) is 5.43. The van der Waals surface area contributed by atoms with E-state index in [9.17, 15) is 10.2 Å². The monoisotopic (exact) mass is 306 g/mol. The first kappa shape index (κ1) is 12.8. The molecule has 0 aromatic carbocycles. The van der Waals surface area contributed by atoms with Gasteiger partial charge in [0.1, 0.15) is 6.10 Å². The second-order valence-electron chi connectivity index (χ2n) is 2.40. The average Bonchev–Trinajstić information content (AvgIpc) is 2.12. The van der Waals surface area contributed by atoms with Gasteiger partial charge in [0.2, 0.25) is 0 Å². The third-order valence-corrected chi connectivity index (χ3v) is 2.94. The summed E-state index contributed by atoms with van der Waals surface area (Å²) in [5.74, 6) is 0. The predicted octanol–water partition coefficient (Wildman–Crippen LogP) is -0.780. The van der Waals surface area contributed by atoms with E-state index in [0.29, 0.717) is 0 Å². The molecule has 4 N–H and O–H groups in total. The van der Waals surface area contributed by atoms with Gasteiger partial charge in [0.25, 0.3) is 0 Å². The molecule has 0 unspecified atom stereocenters. The maximum atomic E-state index is 9.25. The van der Waals surface area contributed by atoms with Crippen molar-refractivity contribution in [1.29, 1.82) is 0 Å². The quantitative estimate of drug-likeness (QED) is 0.502. The Hall–Kier alpha value is 0.800. The van der Waals surface area contributed by atoms with Crippen LogP contribution in [0.3, 0.4) is 0 Å². The van der Waals surface area contributed by atoms with Crippen molar-refractivity contribution in [2.75, 3.05) is 11.9 Å². The minimum absolute atomic E-state index is 0.177.